The van der Waals surface area contributed by atoms with Crippen LogP contribution in [-0.2, 0) is 0 Å². The second-order valence-electron chi connectivity index (χ2n) is 6.88. The van der Waals surface area contributed by atoms with Crippen LogP contribution in [0.5, 0.6) is 0 Å². The largest absolute Gasteiger partial charge is 0.403 e. The van der Waals surface area contributed by atoms with Gasteiger partial charge in [0.15, 0.2) is 0 Å². The molecule has 30 heavy (non-hydrogen) atoms. The Morgan fingerprint density at radius 3 is 2.43 bits per heavy atom. The highest BCUT2D eigenvalue weighted by atomic mass is 16.4. The van der Waals surface area contributed by atoms with Gasteiger partial charge in [-0.15, -0.1) is 5.10 Å². The van der Waals surface area contributed by atoms with E-state index in [4.69, 9.17) is 4.42 Å². The molecule has 1 amide bonds. The number of nitrogens with zero attached hydrogens (tertiary/aromatic N) is 3. The van der Waals surface area contributed by atoms with Gasteiger partial charge >= 0.3 is 6.01 Å². The zero-order valence-electron chi connectivity index (χ0n) is 16.1. The van der Waals surface area contributed by atoms with Gasteiger partial charge in [-0.2, -0.15) is 0 Å². The van der Waals surface area contributed by atoms with E-state index in [0.29, 0.717) is 17.3 Å². The quantitative estimate of drug-likeness (QED) is 0.454. The van der Waals surface area contributed by atoms with Crippen molar-refractivity contribution in [1.29, 1.82) is 0 Å². The van der Waals surface area contributed by atoms with Crippen LogP contribution in [0.4, 0.5) is 6.01 Å². The molecule has 7 nitrogen and oxygen atoms in total. The van der Waals surface area contributed by atoms with Crippen molar-refractivity contribution >= 4 is 23.0 Å². The first-order valence-corrected chi connectivity index (χ1v) is 9.43. The van der Waals surface area contributed by atoms with E-state index in [9.17, 15) is 4.79 Å². The molecule has 5 rings (SSSR count). The summed E-state index contributed by atoms with van der Waals surface area (Å²) in [5.41, 5.74) is 4.96. The van der Waals surface area contributed by atoms with Crippen molar-refractivity contribution in [3.63, 3.8) is 0 Å². The minimum atomic E-state index is -0.309. The molecule has 2 N–H and O–H groups in total. The first-order valence-electron chi connectivity index (χ1n) is 9.43. The number of para-hydroxylation sites is 2. The van der Waals surface area contributed by atoms with E-state index in [1.165, 1.54) is 0 Å². The number of imidazole rings is 1. The summed E-state index contributed by atoms with van der Waals surface area (Å²) in [5.74, 6) is 0.691. The lowest BCUT2D eigenvalue weighted by Crippen LogP contribution is -2.11. The van der Waals surface area contributed by atoms with Crippen molar-refractivity contribution in [2.45, 2.75) is 6.92 Å². The summed E-state index contributed by atoms with van der Waals surface area (Å²) in [5, 5.41) is 10.7. The molecule has 7 heteroatoms. The molecule has 0 saturated carbocycles. The molecule has 3 aromatic carbocycles. The molecule has 0 bridgehead atoms. The molecule has 2 heterocycles. The number of benzene rings is 3. The number of fused-ring (bicyclic) bond motifs is 1. The molecule has 0 fully saturated rings. The summed E-state index contributed by atoms with van der Waals surface area (Å²) in [7, 11) is 0. The van der Waals surface area contributed by atoms with Crippen molar-refractivity contribution in [2.24, 2.45) is 0 Å². The number of hydrogen-bond acceptors (Lipinski definition) is 5. The molecule has 0 radical (unpaired) electrons. The Balaban J connectivity index is 1.45. The fraction of sp³-hybridized carbons (Fsp3) is 0.0435. The van der Waals surface area contributed by atoms with Crippen molar-refractivity contribution in [2.75, 3.05) is 5.32 Å². The Hall–Kier alpha value is -4.26. The molecule has 0 aliphatic carbocycles. The van der Waals surface area contributed by atoms with Gasteiger partial charge in [-0.1, -0.05) is 53.1 Å². The molecule has 5 aromatic rings. The molecular weight excluding hydrogens is 378 g/mol. The molecular formula is C23H17N5O2. The number of hydrogen-bond donors (Lipinski definition) is 2. The average Bonchev–Trinajstić information content (AvgIpc) is 3.41. The maximum atomic E-state index is 12.4. The molecule has 2 aromatic heterocycles. The third kappa shape index (κ3) is 3.33. The number of carbonyl (C=O) groups is 1. The Morgan fingerprint density at radius 2 is 1.63 bits per heavy atom. The highest BCUT2D eigenvalue weighted by Gasteiger charge is 2.17. The van der Waals surface area contributed by atoms with Crippen molar-refractivity contribution in [3.05, 3.63) is 83.9 Å². The summed E-state index contributed by atoms with van der Waals surface area (Å²) in [6.45, 7) is 1.96. The lowest BCUT2D eigenvalue weighted by atomic mass is 10.1. The van der Waals surface area contributed by atoms with E-state index < -0.39 is 0 Å². The molecule has 0 aliphatic heterocycles. The third-order valence-electron chi connectivity index (χ3n) is 4.76. The van der Waals surface area contributed by atoms with Crippen LogP contribution in [0.2, 0.25) is 0 Å². The molecule has 146 valence electrons. The van der Waals surface area contributed by atoms with Gasteiger partial charge in [0.2, 0.25) is 0 Å². The number of amides is 1. The van der Waals surface area contributed by atoms with Gasteiger partial charge in [0, 0.05) is 16.7 Å². The Bertz CT molecular complexity index is 1320. The van der Waals surface area contributed by atoms with Crippen molar-refractivity contribution in [3.8, 4) is 22.8 Å². The zero-order valence-corrected chi connectivity index (χ0v) is 16.1. The predicted molar refractivity (Wildman–Crippen MR) is 114 cm³/mol. The summed E-state index contributed by atoms with van der Waals surface area (Å²) in [6, 6.07) is 22.7. The van der Waals surface area contributed by atoms with Gasteiger partial charge in [-0.3, -0.25) is 10.1 Å². The van der Waals surface area contributed by atoms with Crippen LogP contribution in [0.15, 0.2) is 77.2 Å². The van der Waals surface area contributed by atoms with Gasteiger partial charge < -0.3 is 9.40 Å². The second-order valence-corrected chi connectivity index (χ2v) is 6.88. The Morgan fingerprint density at radius 1 is 0.900 bits per heavy atom. The van der Waals surface area contributed by atoms with Gasteiger partial charge in [0.1, 0.15) is 5.82 Å². The minimum absolute atomic E-state index is 0.0370. The smallest absolute Gasteiger partial charge is 0.322 e. The normalized spacial score (nSPS) is 11.0. The molecule has 0 unspecified atom stereocenters. The van der Waals surface area contributed by atoms with Crippen molar-refractivity contribution in [1.82, 2.24) is 20.2 Å². The first-order chi connectivity index (χ1) is 14.7. The maximum Gasteiger partial charge on any atom is 0.322 e. The number of aryl methyl sites for hydroxylation is 1. The molecule has 0 spiro atoms. The number of nitrogens with one attached hydrogen (secondary N) is 2. The van der Waals surface area contributed by atoms with Crippen LogP contribution in [-0.4, -0.2) is 26.1 Å². The van der Waals surface area contributed by atoms with Crippen LogP contribution in [0.3, 0.4) is 0 Å². The number of rotatable bonds is 4. The summed E-state index contributed by atoms with van der Waals surface area (Å²) < 4.78 is 5.73. The lowest BCUT2D eigenvalue weighted by Gasteiger charge is -2.03. The van der Waals surface area contributed by atoms with E-state index in [0.717, 1.165) is 27.7 Å². The highest BCUT2D eigenvalue weighted by Crippen LogP contribution is 2.31. The van der Waals surface area contributed by atoms with Gasteiger partial charge in [0.25, 0.3) is 11.8 Å². The van der Waals surface area contributed by atoms with Gasteiger partial charge in [-0.25, -0.2) is 4.98 Å². The number of carbonyl (C=O) groups excluding carboxylic acids is 1. The van der Waals surface area contributed by atoms with E-state index in [1.54, 1.807) is 12.1 Å². The topological polar surface area (TPSA) is 96.7 Å². The lowest BCUT2D eigenvalue weighted by molar-refractivity contribution is 0.102. The zero-order chi connectivity index (χ0) is 20.5. The van der Waals surface area contributed by atoms with E-state index in [2.05, 4.69) is 25.5 Å². The van der Waals surface area contributed by atoms with E-state index >= 15 is 0 Å². The van der Waals surface area contributed by atoms with Crippen LogP contribution < -0.4 is 5.32 Å². The van der Waals surface area contributed by atoms with Crippen LogP contribution in [0.1, 0.15) is 15.9 Å². The number of H-pyrrole nitrogens is 1. The van der Waals surface area contributed by atoms with Crippen LogP contribution in [0, 0.1) is 6.92 Å². The Labute approximate surface area is 171 Å². The van der Waals surface area contributed by atoms with Gasteiger partial charge in [-0.05, 0) is 37.3 Å². The summed E-state index contributed by atoms with van der Waals surface area (Å²) in [6.07, 6.45) is 0. The first kappa shape index (κ1) is 17.8. The number of anilines is 1. The minimum Gasteiger partial charge on any atom is -0.403 e. The van der Waals surface area contributed by atoms with E-state index in [-0.39, 0.29) is 11.9 Å². The SMILES string of the molecule is Cc1ccc(C(=O)Nc2nnc(-c3ccccc3-c3nc4ccccc4[nH]3)o2)cc1. The van der Waals surface area contributed by atoms with E-state index in [1.807, 2.05) is 67.6 Å². The maximum absolute atomic E-state index is 12.4. The molecule has 0 aliphatic rings. The third-order valence-corrected chi connectivity index (χ3v) is 4.76. The fourth-order valence-electron chi connectivity index (χ4n) is 3.21. The summed E-state index contributed by atoms with van der Waals surface area (Å²) in [4.78, 5) is 20.4. The molecule has 0 saturated heterocycles. The average molecular weight is 395 g/mol. The predicted octanol–water partition coefficient (Wildman–Crippen LogP) is 4.84. The van der Waals surface area contributed by atoms with Crippen LogP contribution >= 0.6 is 0 Å². The van der Waals surface area contributed by atoms with Crippen molar-refractivity contribution < 1.29 is 9.21 Å². The number of aromatic amines is 1. The highest BCUT2D eigenvalue weighted by molar-refractivity contribution is 6.03. The second kappa shape index (κ2) is 7.29. The molecule has 0 atom stereocenters. The monoisotopic (exact) mass is 395 g/mol. The van der Waals surface area contributed by atoms with Gasteiger partial charge in [0.05, 0.1) is 11.0 Å². The Kier molecular flexibility index (Phi) is 4.33. The standard InChI is InChI=1S/C23H17N5O2/c1-14-10-12-15(13-11-14)21(29)26-23-28-27-22(30-23)17-7-3-2-6-16(17)20-24-18-8-4-5-9-19(18)25-20/h2-13H,1H3,(H,24,25)(H,26,28,29). The fourth-order valence-corrected chi connectivity index (χ4v) is 3.21. The van der Waals surface area contributed by atoms with Crippen LogP contribution in [0.25, 0.3) is 33.9 Å². The summed E-state index contributed by atoms with van der Waals surface area (Å²) >= 11 is 0. The number of aromatic nitrogens is 4.